The summed E-state index contributed by atoms with van der Waals surface area (Å²) in [4.78, 5) is 70.3. The van der Waals surface area contributed by atoms with Gasteiger partial charge < -0.3 is 43.8 Å². The Morgan fingerprint density at radius 3 is 1.58 bits per heavy atom. The van der Waals surface area contributed by atoms with Crippen LogP contribution in [-0.2, 0) is 33.4 Å². The van der Waals surface area contributed by atoms with E-state index in [9.17, 15) is 39.4 Å². The standard InChI is InChI=1S/C38H50N4O15/c1-9-36(45)56-24(3)26-19-30(51-7)32(21-28(26)41(47)48)54-16-11-13-34(43)39-23-53-18-15-38(5,6)40-35(44)14-12-17-55-33-22-29(42(49)50)27(20-31(33)52-8)25(4)57-37(46)10-2/h9-10,19-22,24-25H,1-2,11-18,23H2,3-8H3,(H,39,43)(H,40,44). The first-order valence-electron chi connectivity index (χ1n) is 17.8. The van der Waals surface area contributed by atoms with E-state index in [2.05, 4.69) is 23.8 Å². The molecule has 0 radical (unpaired) electrons. The van der Waals surface area contributed by atoms with Crippen molar-refractivity contribution in [3.63, 3.8) is 0 Å². The number of nitro groups is 2. The largest absolute Gasteiger partial charge is 0.493 e. The van der Waals surface area contributed by atoms with Crippen molar-refractivity contribution in [2.75, 3.05) is 40.8 Å². The molecule has 19 heteroatoms. The SMILES string of the molecule is C=CC(=O)OC(C)c1cc(OC)c(OCCCC(=O)NCOCCC(C)(C)NC(=O)CCCOc2cc([N+](=O)[O-])c(C(C)OC(=O)C=C)cc2OC)cc1[N+](=O)[O-]. The summed E-state index contributed by atoms with van der Waals surface area (Å²) in [6, 6.07) is 5.07. The second-order valence-electron chi connectivity index (χ2n) is 12.9. The Balaban J connectivity index is 1.74. The van der Waals surface area contributed by atoms with E-state index in [0.717, 1.165) is 12.2 Å². The van der Waals surface area contributed by atoms with Crippen LogP contribution in [0.25, 0.3) is 0 Å². The van der Waals surface area contributed by atoms with Crippen molar-refractivity contribution in [1.29, 1.82) is 0 Å². The predicted molar refractivity (Wildman–Crippen MR) is 204 cm³/mol. The minimum atomic E-state index is -0.958. The van der Waals surface area contributed by atoms with Crippen molar-refractivity contribution in [3.05, 3.63) is 80.9 Å². The van der Waals surface area contributed by atoms with Crippen molar-refractivity contribution in [3.8, 4) is 23.0 Å². The first-order valence-corrected chi connectivity index (χ1v) is 17.8. The zero-order valence-electron chi connectivity index (χ0n) is 32.9. The molecule has 2 aromatic rings. The zero-order valence-corrected chi connectivity index (χ0v) is 32.9. The quantitative estimate of drug-likeness (QED) is 0.0298. The van der Waals surface area contributed by atoms with Gasteiger partial charge in [0.2, 0.25) is 11.8 Å². The van der Waals surface area contributed by atoms with E-state index < -0.39 is 39.5 Å². The van der Waals surface area contributed by atoms with Gasteiger partial charge in [-0.3, -0.25) is 29.8 Å². The molecule has 0 heterocycles. The van der Waals surface area contributed by atoms with Crippen LogP contribution in [0.4, 0.5) is 11.4 Å². The van der Waals surface area contributed by atoms with Crippen LogP contribution >= 0.6 is 0 Å². The van der Waals surface area contributed by atoms with Gasteiger partial charge in [-0.15, -0.1) is 0 Å². The maximum atomic E-state index is 12.6. The minimum Gasteiger partial charge on any atom is -0.493 e. The molecule has 2 atom stereocenters. The van der Waals surface area contributed by atoms with Crippen LogP contribution < -0.4 is 29.6 Å². The van der Waals surface area contributed by atoms with Crippen molar-refractivity contribution < 1.29 is 62.2 Å². The molecule has 0 bridgehead atoms. The number of esters is 2. The summed E-state index contributed by atoms with van der Waals surface area (Å²) in [6.45, 7) is 13.5. The number of hydrogen-bond acceptors (Lipinski definition) is 15. The lowest BCUT2D eigenvalue weighted by atomic mass is 10.0. The molecule has 312 valence electrons. The van der Waals surface area contributed by atoms with Crippen LogP contribution in [0, 0.1) is 20.2 Å². The number of ether oxygens (including phenoxy) is 7. The molecule has 0 spiro atoms. The Morgan fingerprint density at radius 2 is 1.18 bits per heavy atom. The highest BCUT2D eigenvalue weighted by Gasteiger charge is 2.27. The fraction of sp³-hybridized carbons (Fsp3) is 0.474. The first-order chi connectivity index (χ1) is 27.0. The molecule has 0 saturated heterocycles. The second-order valence-corrected chi connectivity index (χ2v) is 12.9. The van der Waals surface area contributed by atoms with Gasteiger partial charge in [0.1, 0.15) is 18.9 Å². The lowest BCUT2D eigenvalue weighted by molar-refractivity contribution is -0.386. The van der Waals surface area contributed by atoms with Gasteiger partial charge in [-0.05, 0) is 59.1 Å². The molecule has 19 nitrogen and oxygen atoms in total. The molecule has 0 aliphatic rings. The molecule has 2 amide bonds. The van der Waals surface area contributed by atoms with Crippen molar-refractivity contribution in [2.24, 2.45) is 0 Å². The van der Waals surface area contributed by atoms with Gasteiger partial charge in [-0.1, -0.05) is 13.2 Å². The third-order valence-corrected chi connectivity index (χ3v) is 8.15. The third-order valence-electron chi connectivity index (χ3n) is 8.15. The number of nitro benzene ring substituents is 2. The number of carbonyl (C=O) groups excluding carboxylic acids is 4. The number of benzene rings is 2. The zero-order chi connectivity index (χ0) is 42.7. The van der Waals surface area contributed by atoms with Gasteiger partial charge in [0.05, 0.1) is 67.1 Å². The van der Waals surface area contributed by atoms with E-state index in [1.807, 2.05) is 13.8 Å². The predicted octanol–water partition coefficient (Wildman–Crippen LogP) is 5.49. The Bertz CT molecular complexity index is 1780. The molecule has 2 N–H and O–H groups in total. The Labute approximate surface area is 329 Å². The summed E-state index contributed by atoms with van der Waals surface area (Å²) in [5, 5.41) is 29.0. The number of nitrogens with one attached hydrogen (secondary N) is 2. The molecule has 57 heavy (non-hydrogen) atoms. The normalized spacial score (nSPS) is 11.9. The number of nitrogens with zero attached hydrogens (tertiary/aromatic N) is 2. The first kappa shape index (κ1) is 46.9. The average Bonchev–Trinajstić information content (AvgIpc) is 3.16. The lowest BCUT2D eigenvalue weighted by Crippen LogP contribution is -2.44. The van der Waals surface area contributed by atoms with Crippen LogP contribution in [0.15, 0.2) is 49.6 Å². The smallest absolute Gasteiger partial charge is 0.330 e. The number of hydrogen-bond donors (Lipinski definition) is 2. The van der Waals surface area contributed by atoms with E-state index in [0.29, 0.717) is 6.42 Å². The fourth-order valence-corrected chi connectivity index (χ4v) is 5.17. The van der Waals surface area contributed by atoms with E-state index in [1.165, 1.54) is 52.3 Å². The van der Waals surface area contributed by atoms with Gasteiger partial charge >= 0.3 is 11.9 Å². The minimum absolute atomic E-state index is 0.0436. The number of methoxy groups -OCH3 is 2. The van der Waals surface area contributed by atoms with Gasteiger partial charge in [-0.2, -0.15) is 0 Å². The highest BCUT2D eigenvalue weighted by molar-refractivity contribution is 5.82. The van der Waals surface area contributed by atoms with E-state index >= 15 is 0 Å². The average molecular weight is 803 g/mol. The van der Waals surface area contributed by atoms with Gasteiger partial charge in [0.25, 0.3) is 11.4 Å². The molecular formula is C38H50N4O15. The summed E-state index contributed by atoms with van der Waals surface area (Å²) in [7, 11) is 2.72. The molecule has 0 aliphatic heterocycles. The molecule has 2 rings (SSSR count). The summed E-state index contributed by atoms with van der Waals surface area (Å²) in [6.07, 6.45) is 1.15. The summed E-state index contributed by atoms with van der Waals surface area (Å²) >= 11 is 0. The Hall–Kier alpha value is -6.24. The maximum Gasteiger partial charge on any atom is 0.330 e. The second kappa shape index (κ2) is 23.0. The van der Waals surface area contributed by atoms with Crippen molar-refractivity contribution in [1.82, 2.24) is 10.6 Å². The van der Waals surface area contributed by atoms with Crippen LogP contribution in [0.1, 0.15) is 83.1 Å². The van der Waals surface area contributed by atoms with Crippen LogP contribution in [-0.4, -0.2) is 79.9 Å². The summed E-state index contributed by atoms with van der Waals surface area (Å²) in [5.74, 6) is -1.51. The van der Waals surface area contributed by atoms with Gasteiger partial charge in [0.15, 0.2) is 23.0 Å². The molecule has 2 unspecified atom stereocenters. The Kier molecular flexibility index (Phi) is 18.9. The van der Waals surface area contributed by atoms with Crippen LogP contribution in [0.3, 0.4) is 0 Å². The molecule has 0 aliphatic carbocycles. The highest BCUT2D eigenvalue weighted by Crippen LogP contribution is 2.40. The summed E-state index contributed by atoms with van der Waals surface area (Å²) in [5.41, 5.74) is -1.10. The third kappa shape index (κ3) is 15.4. The Morgan fingerprint density at radius 1 is 0.737 bits per heavy atom. The van der Waals surface area contributed by atoms with Crippen molar-refractivity contribution >= 4 is 35.1 Å². The molecule has 2 aromatic carbocycles. The van der Waals surface area contributed by atoms with E-state index in [1.54, 1.807) is 0 Å². The highest BCUT2D eigenvalue weighted by atomic mass is 16.6. The van der Waals surface area contributed by atoms with E-state index in [-0.39, 0.29) is 110 Å². The molecule has 0 aromatic heterocycles. The van der Waals surface area contributed by atoms with Crippen LogP contribution in [0.2, 0.25) is 0 Å². The van der Waals surface area contributed by atoms with E-state index in [4.69, 9.17) is 33.2 Å². The topological polar surface area (TPSA) is 243 Å². The summed E-state index contributed by atoms with van der Waals surface area (Å²) < 4.78 is 37.8. The monoisotopic (exact) mass is 802 g/mol. The number of carbonyl (C=O) groups is 4. The van der Waals surface area contributed by atoms with Gasteiger partial charge in [-0.25, -0.2) is 9.59 Å². The molecular weight excluding hydrogens is 752 g/mol. The van der Waals surface area contributed by atoms with Gasteiger partial charge in [0, 0.05) is 30.5 Å². The number of rotatable bonds is 26. The molecule has 0 saturated carbocycles. The van der Waals surface area contributed by atoms with Crippen molar-refractivity contribution in [2.45, 2.75) is 77.5 Å². The fourth-order valence-electron chi connectivity index (χ4n) is 5.17. The maximum absolute atomic E-state index is 12.6. The molecule has 0 fully saturated rings. The lowest BCUT2D eigenvalue weighted by Gasteiger charge is -2.26. The number of amides is 2. The van der Waals surface area contributed by atoms with Crippen LogP contribution in [0.5, 0.6) is 23.0 Å².